The predicted octanol–water partition coefficient (Wildman–Crippen LogP) is 4.88. The first kappa shape index (κ1) is 15.6. The zero-order valence-corrected chi connectivity index (χ0v) is 13.7. The fourth-order valence-electron chi connectivity index (χ4n) is 2.08. The number of halogens is 2. The molecule has 2 aromatic heterocycles. The van der Waals surface area contributed by atoms with E-state index < -0.39 is 0 Å². The number of allylic oxidation sites excluding steroid dienone is 1. The van der Waals surface area contributed by atoms with Gasteiger partial charge in [-0.1, -0.05) is 29.3 Å². The maximum atomic E-state index is 12.0. The molecule has 0 fully saturated rings. The standard InChI is InChI=1S/C17H12Cl2N2O2/c1-21-10-11(9-20-21)15(22)7-5-12-6-8-16(23-12)13-3-2-4-14(18)17(13)19/h2-10H,1H3/b7-5+. The topological polar surface area (TPSA) is 48.0 Å². The number of hydrogen-bond donors (Lipinski definition) is 0. The molecule has 0 unspecified atom stereocenters. The van der Waals surface area contributed by atoms with E-state index in [1.54, 1.807) is 48.3 Å². The third kappa shape index (κ3) is 3.38. The van der Waals surface area contributed by atoms with Gasteiger partial charge in [0.2, 0.25) is 0 Å². The summed E-state index contributed by atoms with van der Waals surface area (Å²) in [4.78, 5) is 12.0. The largest absolute Gasteiger partial charge is 0.457 e. The molecule has 0 spiro atoms. The van der Waals surface area contributed by atoms with E-state index >= 15 is 0 Å². The molecule has 0 amide bonds. The van der Waals surface area contributed by atoms with E-state index in [4.69, 9.17) is 27.6 Å². The molecule has 6 heteroatoms. The molecular weight excluding hydrogens is 335 g/mol. The van der Waals surface area contributed by atoms with Gasteiger partial charge in [-0.25, -0.2) is 0 Å². The lowest BCUT2D eigenvalue weighted by molar-refractivity contribution is 0.104. The zero-order chi connectivity index (χ0) is 16.4. The molecule has 2 heterocycles. The van der Waals surface area contributed by atoms with Gasteiger partial charge in [0.15, 0.2) is 5.78 Å². The Hall–Kier alpha value is -2.30. The van der Waals surface area contributed by atoms with Crippen molar-refractivity contribution in [3.63, 3.8) is 0 Å². The summed E-state index contributed by atoms with van der Waals surface area (Å²) in [5.74, 6) is 0.996. The van der Waals surface area contributed by atoms with Gasteiger partial charge in [-0.3, -0.25) is 9.48 Å². The van der Waals surface area contributed by atoms with Crippen LogP contribution in [0.4, 0.5) is 0 Å². The van der Waals surface area contributed by atoms with Crippen molar-refractivity contribution in [3.05, 3.63) is 70.2 Å². The smallest absolute Gasteiger partial charge is 0.189 e. The van der Waals surface area contributed by atoms with Gasteiger partial charge in [0.05, 0.1) is 21.8 Å². The van der Waals surface area contributed by atoms with Crippen LogP contribution in [0.15, 0.2) is 53.2 Å². The number of carbonyl (C=O) groups is 1. The Balaban J connectivity index is 1.81. The lowest BCUT2D eigenvalue weighted by Gasteiger charge is -2.01. The predicted molar refractivity (Wildman–Crippen MR) is 90.7 cm³/mol. The third-order valence-corrected chi connectivity index (χ3v) is 4.05. The van der Waals surface area contributed by atoms with Crippen molar-refractivity contribution in [1.29, 1.82) is 0 Å². The Morgan fingerprint density at radius 3 is 2.83 bits per heavy atom. The molecule has 0 aliphatic carbocycles. The highest BCUT2D eigenvalue weighted by atomic mass is 35.5. The molecule has 0 N–H and O–H groups in total. The quantitative estimate of drug-likeness (QED) is 0.499. The number of hydrogen-bond acceptors (Lipinski definition) is 3. The summed E-state index contributed by atoms with van der Waals surface area (Å²) >= 11 is 12.2. The second-order valence-corrected chi connectivity index (χ2v) is 5.69. The van der Waals surface area contributed by atoms with Crippen LogP contribution in [0.25, 0.3) is 17.4 Å². The molecular formula is C17H12Cl2N2O2. The lowest BCUT2D eigenvalue weighted by atomic mass is 10.2. The molecule has 23 heavy (non-hydrogen) atoms. The molecule has 4 nitrogen and oxygen atoms in total. The first-order valence-electron chi connectivity index (χ1n) is 6.80. The lowest BCUT2D eigenvalue weighted by Crippen LogP contribution is -1.91. The average Bonchev–Trinajstić information content (AvgIpc) is 3.17. The highest BCUT2D eigenvalue weighted by molar-refractivity contribution is 6.43. The van der Waals surface area contributed by atoms with Crippen molar-refractivity contribution in [2.24, 2.45) is 7.05 Å². The normalized spacial score (nSPS) is 11.3. The molecule has 0 aliphatic heterocycles. The van der Waals surface area contributed by atoms with Crippen molar-refractivity contribution in [2.45, 2.75) is 0 Å². The van der Waals surface area contributed by atoms with Crippen LogP contribution in [-0.2, 0) is 7.05 Å². The molecule has 116 valence electrons. The second kappa shape index (κ2) is 6.44. The Morgan fingerprint density at radius 2 is 2.09 bits per heavy atom. The van der Waals surface area contributed by atoms with Crippen molar-refractivity contribution in [3.8, 4) is 11.3 Å². The fourth-order valence-corrected chi connectivity index (χ4v) is 2.48. The SMILES string of the molecule is Cn1cc(C(=O)/C=C/c2ccc(-c3cccc(Cl)c3Cl)o2)cn1. The van der Waals surface area contributed by atoms with Gasteiger partial charge in [0.1, 0.15) is 11.5 Å². The molecule has 0 saturated carbocycles. The number of benzene rings is 1. The summed E-state index contributed by atoms with van der Waals surface area (Å²) in [6.07, 6.45) is 6.23. The summed E-state index contributed by atoms with van der Waals surface area (Å²) in [6, 6.07) is 8.88. The van der Waals surface area contributed by atoms with Crippen LogP contribution in [0.1, 0.15) is 16.1 Å². The maximum Gasteiger partial charge on any atom is 0.189 e. The molecule has 1 aromatic carbocycles. The van der Waals surface area contributed by atoms with E-state index in [0.29, 0.717) is 32.7 Å². The summed E-state index contributed by atoms with van der Waals surface area (Å²) in [5, 5.41) is 4.86. The van der Waals surface area contributed by atoms with Crippen LogP contribution in [0, 0.1) is 0 Å². The number of nitrogens with zero attached hydrogens (tertiary/aromatic N) is 2. The minimum atomic E-state index is -0.142. The number of aromatic nitrogens is 2. The van der Waals surface area contributed by atoms with E-state index in [1.165, 1.54) is 12.3 Å². The minimum absolute atomic E-state index is 0.142. The zero-order valence-electron chi connectivity index (χ0n) is 12.2. The van der Waals surface area contributed by atoms with Crippen LogP contribution in [0.3, 0.4) is 0 Å². The highest BCUT2D eigenvalue weighted by Crippen LogP contribution is 2.34. The van der Waals surface area contributed by atoms with Crippen molar-refractivity contribution < 1.29 is 9.21 Å². The van der Waals surface area contributed by atoms with Crippen LogP contribution in [0.2, 0.25) is 10.0 Å². The summed E-state index contributed by atoms with van der Waals surface area (Å²) < 4.78 is 7.27. The van der Waals surface area contributed by atoms with Gasteiger partial charge < -0.3 is 4.42 Å². The Morgan fingerprint density at radius 1 is 1.26 bits per heavy atom. The number of ketones is 1. The molecule has 0 saturated heterocycles. The average molecular weight is 347 g/mol. The van der Waals surface area contributed by atoms with Crippen molar-refractivity contribution in [1.82, 2.24) is 9.78 Å². The summed E-state index contributed by atoms with van der Waals surface area (Å²) in [5.41, 5.74) is 1.23. The van der Waals surface area contributed by atoms with E-state index in [1.807, 2.05) is 6.07 Å². The van der Waals surface area contributed by atoms with Crippen LogP contribution >= 0.6 is 23.2 Å². The third-order valence-electron chi connectivity index (χ3n) is 3.23. The van der Waals surface area contributed by atoms with Gasteiger partial charge in [-0.15, -0.1) is 0 Å². The second-order valence-electron chi connectivity index (χ2n) is 4.90. The van der Waals surface area contributed by atoms with E-state index in [0.717, 1.165) is 0 Å². The summed E-state index contributed by atoms with van der Waals surface area (Å²) in [6.45, 7) is 0. The van der Waals surface area contributed by atoms with Crippen molar-refractivity contribution in [2.75, 3.05) is 0 Å². The van der Waals surface area contributed by atoms with Gasteiger partial charge in [-0.2, -0.15) is 5.10 Å². The maximum absolute atomic E-state index is 12.0. The van der Waals surface area contributed by atoms with Gasteiger partial charge in [0, 0.05) is 18.8 Å². The van der Waals surface area contributed by atoms with Gasteiger partial charge in [0.25, 0.3) is 0 Å². The number of aryl methyl sites for hydroxylation is 1. The molecule has 0 atom stereocenters. The molecule has 0 radical (unpaired) electrons. The summed E-state index contributed by atoms with van der Waals surface area (Å²) in [7, 11) is 1.76. The van der Waals surface area contributed by atoms with Crippen LogP contribution in [0.5, 0.6) is 0 Å². The van der Waals surface area contributed by atoms with Gasteiger partial charge >= 0.3 is 0 Å². The fraction of sp³-hybridized carbons (Fsp3) is 0.0588. The minimum Gasteiger partial charge on any atom is -0.457 e. The number of rotatable bonds is 4. The Kier molecular flexibility index (Phi) is 4.37. The molecule has 3 aromatic rings. The van der Waals surface area contributed by atoms with E-state index in [9.17, 15) is 4.79 Å². The first-order chi connectivity index (χ1) is 11.0. The highest BCUT2D eigenvalue weighted by Gasteiger charge is 2.10. The molecule has 0 bridgehead atoms. The Bertz CT molecular complexity index is 894. The van der Waals surface area contributed by atoms with Crippen molar-refractivity contribution >= 4 is 35.1 Å². The van der Waals surface area contributed by atoms with Crippen LogP contribution in [-0.4, -0.2) is 15.6 Å². The Labute approximate surface area is 142 Å². The van der Waals surface area contributed by atoms with E-state index in [2.05, 4.69) is 5.10 Å². The number of carbonyl (C=O) groups excluding carboxylic acids is 1. The van der Waals surface area contributed by atoms with E-state index in [-0.39, 0.29) is 5.78 Å². The first-order valence-corrected chi connectivity index (χ1v) is 7.55. The number of furan rings is 1. The molecule has 3 rings (SSSR count). The monoisotopic (exact) mass is 346 g/mol. The van der Waals surface area contributed by atoms with Crippen LogP contribution < -0.4 is 0 Å². The van der Waals surface area contributed by atoms with Gasteiger partial charge in [-0.05, 0) is 36.4 Å². The molecule has 0 aliphatic rings.